The third-order valence-corrected chi connectivity index (χ3v) is 7.17. The predicted octanol–water partition coefficient (Wildman–Crippen LogP) is 5.24. The van der Waals surface area contributed by atoms with E-state index >= 15 is 0 Å². The Bertz CT molecular complexity index is 850. The number of nitrogens with zero attached hydrogens (tertiary/aromatic N) is 1. The molecule has 0 bridgehead atoms. The maximum Gasteiger partial charge on any atom is 0.255 e. The smallest absolute Gasteiger partial charge is 0.255 e. The highest BCUT2D eigenvalue weighted by atomic mass is 35.5. The summed E-state index contributed by atoms with van der Waals surface area (Å²) < 4.78 is 0. The first-order valence-corrected chi connectivity index (χ1v) is 11.3. The van der Waals surface area contributed by atoms with Gasteiger partial charge < -0.3 is 10.2 Å². The van der Waals surface area contributed by atoms with Crippen LogP contribution in [0.25, 0.3) is 0 Å². The average molecular weight is 423 g/mol. The second-order valence-corrected chi connectivity index (χ2v) is 9.29. The second kappa shape index (κ2) is 8.67. The van der Waals surface area contributed by atoms with Crippen molar-refractivity contribution in [3.8, 4) is 0 Å². The number of halogens is 1. The molecule has 7 heteroatoms. The molecule has 0 unspecified atom stereocenters. The molecule has 2 amide bonds. The Morgan fingerprint density at radius 3 is 2.81 bits per heavy atom. The zero-order chi connectivity index (χ0) is 19.6. The molecular formula is C20H23ClN2O2S2. The van der Waals surface area contributed by atoms with Gasteiger partial charge in [-0.1, -0.05) is 11.6 Å². The number of aryl methyl sites for hydroxylation is 1. The highest BCUT2D eigenvalue weighted by Crippen LogP contribution is 2.40. The molecule has 3 rings (SSSR count). The van der Waals surface area contributed by atoms with Crippen LogP contribution in [0.1, 0.15) is 46.8 Å². The van der Waals surface area contributed by atoms with E-state index in [0.29, 0.717) is 22.8 Å². The molecule has 2 aromatic rings. The number of fused-ring (bicyclic) bond motifs is 1. The molecule has 1 aromatic carbocycles. The summed E-state index contributed by atoms with van der Waals surface area (Å²) in [5.41, 5.74) is 2.11. The van der Waals surface area contributed by atoms with Gasteiger partial charge in [0.2, 0.25) is 5.91 Å². The average Bonchev–Trinajstić information content (AvgIpc) is 3.12. The van der Waals surface area contributed by atoms with Gasteiger partial charge in [-0.15, -0.1) is 23.1 Å². The summed E-state index contributed by atoms with van der Waals surface area (Å²) in [7, 11) is 0. The largest absolute Gasteiger partial charge is 0.336 e. The molecule has 4 nitrogen and oxygen atoms in total. The molecular weight excluding hydrogens is 400 g/mol. The molecule has 1 aromatic heterocycles. The summed E-state index contributed by atoms with van der Waals surface area (Å²) in [6.45, 7) is 6.48. The fourth-order valence-corrected chi connectivity index (χ4v) is 5.73. The van der Waals surface area contributed by atoms with E-state index in [1.807, 2.05) is 32.2 Å². The lowest BCUT2D eigenvalue weighted by molar-refractivity contribution is -0.115. The quantitative estimate of drug-likeness (QED) is 0.716. The number of anilines is 1. The van der Waals surface area contributed by atoms with E-state index in [0.717, 1.165) is 17.7 Å². The zero-order valence-corrected chi connectivity index (χ0v) is 18.0. The van der Waals surface area contributed by atoms with Gasteiger partial charge in [-0.3, -0.25) is 9.59 Å². The predicted molar refractivity (Wildman–Crippen MR) is 115 cm³/mol. The molecule has 144 valence electrons. The third kappa shape index (κ3) is 4.33. The lowest BCUT2D eigenvalue weighted by atomic mass is 10.1. The maximum absolute atomic E-state index is 12.8. The summed E-state index contributed by atoms with van der Waals surface area (Å²) in [5, 5.41) is 5.19. The van der Waals surface area contributed by atoms with Gasteiger partial charge in [0.1, 0.15) is 5.25 Å². The number of hydrogen-bond donors (Lipinski definition) is 1. The molecule has 0 saturated heterocycles. The van der Waals surface area contributed by atoms with E-state index in [1.54, 1.807) is 46.2 Å². The van der Waals surface area contributed by atoms with E-state index in [4.69, 9.17) is 11.6 Å². The first-order valence-electron chi connectivity index (χ1n) is 9.01. The van der Waals surface area contributed by atoms with Crippen LogP contribution >= 0.6 is 34.7 Å². The van der Waals surface area contributed by atoms with Crippen molar-refractivity contribution in [1.82, 2.24) is 4.90 Å². The maximum atomic E-state index is 12.8. The van der Waals surface area contributed by atoms with Gasteiger partial charge in [-0.25, -0.2) is 0 Å². The number of amides is 2. The second-order valence-electron chi connectivity index (χ2n) is 6.67. The van der Waals surface area contributed by atoms with Gasteiger partial charge in [-0.2, -0.15) is 0 Å². The zero-order valence-electron chi connectivity index (χ0n) is 15.6. The summed E-state index contributed by atoms with van der Waals surface area (Å²) in [6, 6.07) is 7.20. The topological polar surface area (TPSA) is 49.4 Å². The van der Waals surface area contributed by atoms with Crippen LogP contribution in [0.5, 0.6) is 0 Å². The number of nitrogens with one attached hydrogen (secondary N) is 1. The number of benzene rings is 1. The fraction of sp³-hybridized carbons (Fsp3) is 0.400. The molecule has 0 aliphatic carbocycles. The Morgan fingerprint density at radius 1 is 1.33 bits per heavy atom. The van der Waals surface area contributed by atoms with Crippen LogP contribution in [-0.2, 0) is 11.2 Å². The Hall–Kier alpha value is -1.50. The van der Waals surface area contributed by atoms with E-state index < -0.39 is 0 Å². The molecule has 1 N–H and O–H groups in total. The van der Waals surface area contributed by atoms with Crippen molar-refractivity contribution < 1.29 is 9.59 Å². The van der Waals surface area contributed by atoms with Gasteiger partial charge in [0.25, 0.3) is 5.91 Å². The summed E-state index contributed by atoms with van der Waals surface area (Å²) in [4.78, 5) is 28.7. The van der Waals surface area contributed by atoms with Crippen molar-refractivity contribution in [1.29, 1.82) is 0 Å². The number of carbonyl (C=O) groups is 2. The number of thiophene rings is 1. The molecule has 0 radical (unpaired) electrons. The lowest BCUT2D eigenvalue weighted by Crippen LogP contribution is -2.36. The van der Waals surface area contributed by atoms with Crippen LogP contribution in [0.15, 0.2) is 29.6 Å². The molecule has 2 heterocycles. The highest BCUT2D eigenvalue weighted by molar-refractivity contribution is 8.00. The summed E-state index contributed by atoms with van der Waals surface area (Å²) >= 11 is 9.64. The van der Waals surface area contributed by atoms with Crippen LogP contribution in [0.2, 0.25) is 5.02 Å². The van der Waals surface area contributed by atoms with Gasteiger partial charge in [0.05, 0.1) is 10.6 Å². The van der Waals surface area contributed by atoms with Crippen molar-refractivity contribution in [3.05, 3.63) is 50.7 Å². The number of thioether (sulfide) groups is 1. The number of rotatable bonds is 5. The molecule has 0 saturated carbocycles. The van der Waals surface area contributed by atoms with Crippen LogP contribution in [-0.4, -0.2) is 35.1 Å². The molecule has 1 atom stereocenters. The molecule has 1 aliphatic rings. The van der Waals surface area contributed by atoms with Crippen molar-refractivity contribution >= 4 is 52.2 Å². The fourth-order valence-electron chi connectivity index (χ4n) is 3.24. The van der Waals surface area contributed by atoms with E-state index in [1.165, 1.54) is 4.88 Å². The van der Waals surface area contributed by atoms with Crippen molar-refractivity contribution in [2.45, 2.75) is 38.5 Å². The van der Waals surface area contributed by atoms with Gasteiger partial charge in [-0.05, 0) is 68.2 Å². The van der Waals surface area contributed by atoms with Crippen LogP contribution in [0, 0.1) is 0 Å². The van der Waals surface area contributed by atoms with Crippen molar-refractivity contribution in [2.75, 3.05) is 17.6 Å². The monoisotopic (exact) mass is 422 g/mol. The minimum Gasteiger partial charge on any atom is -0.336 e. The first-order chi connectivity index (χ1) is 12.9. The number of hydrogen-bond acceptors (Lipinski definition) is 4. The minimum atomic E-state index is -0.211. The Labute approximate surface area is 173 Å². The van der Waals surface area contributed by atoms with Crippen molar-refractivity contribution in [3.63, 3.8) is 0 Å². The Kier molecular flexibility index (Phi) is 6.50. The van der Waals surface area contributed by atoms with Gasteiger partial charge in [0, 0.05) is 23.2 Å². The molecule has 1 aliphatic heterocycles. The molecule has 27 heavy (non-hydrogen) atoms. The standard InChI is InChI=1S/C20H23ClN2O2S2/c1-4-23(12(2)3)20(25)15-11-13(5-6-16(15)21)22-19(24)18-14-7-9-26-17(14)8-10-27-18/h5-7,9,11-12,18H,4,8,10H2,1-3H3,(H,22,24)/t18-/m1/s1. The summed E-state index contributed by atoms with van der Waals surface area (Å²) in [5.74, 6) is 0.757. The van der Waals surface area contributed by atoms with E-state index in [2.05, 4.69) is 5.32 Å². The van der Waals surface area contributed by atoms with Crippen molar-refractivity contribution in [2.24, 2.45) is 0 Å². The van der Waals surface area contributed by atoms with Crippen LogP contribution < -0.4 is 5.32 Å². The van der Waals surface area contributed by atoms with E-state index in [-0.39, 0.29) is 23.1 Å². The third-order valence-electron chi connectivity index (χ3n) is 4.60. The first kappa shape index (κ1) is 20.2. The van der Waals surface area contributed by atoms with Gasteiger partial charge in [0.15, 0.2) is 0 Å². The number of carbonyl (C=O) groups excluding carboxylic acids is 2. The van der Waals surface area contributed by atoms with Crippen LogP contribution in [0.4, 0.5) is 5.69 Å². The SMILES string of the molecule is CCN(C(=O)c1cc(NC(=O)[C@@H]2SCCc3sccc32)ccc1Cl)C(C)C. The Balaban J connectivity index is 1.81. The summed E-state index contributed by atoms with van der Waals surface area (Å²) in [6.07, 6.45) is 1.02. The Morgan fingerprint density at radius 2 is 2.11 bits per heavy atom. The lowest BCUT2D eigenvalue weighted by Gasteiger charge is -2.26. The normalized spacial score (nSPS) is 16.1. The molecule has 0 spiro atoms. The minimum absolute atomic E-state index is 0.0590. The van der Waals surface area contributed by atoms with E-state index in [9.17, 15) is 9.59 Å². The van der Waals surface area contributed by atoms with Gasteiger partial charge >= 0.3 is 0 Å². The highest BCUT2D eigenvalue weighted by Gasteiger charge is 2.28. The molecule has 0 fully saturated rings. The van der Waals surface area contributed by atoms with Crippen LogP contribution in [0.3, 0.4) is 0 Å².